The number of hydroxylamine groups is 2. The first-order chi connectivity index (χ1) is 8.09. The van der Waals surface area contributed by atoms with E-state index >= 15 is 0 Å². The molecule has 17 heavy (non-hydrogen) atoms. The van der Waals surface area contributed by atoms with Crippen LogP contribution < -0.4 is 0 Å². The Bertz CT molecular complexity index is 352. The first-order valence-corrected chi connectivity index (χ1v) is 6.22. The molecular weight excluding hydrogens is 214 g/mol. The fourth-order valence-corrected chi connectivity index (χ4v) is 2.35. The average Bonchev–Trinajstić information content (AvgIpc) is 2.71. The lowest BCUT2D eigenvalue weighted by atomic mass is 9.95. The van der Waals surface area contributed by atoms with E-state index in [9.17, 15) is 5.11 Å². The largest absolute Gasteiger partial charge is 0.390 e. The molecule has 0 saturated carbocycles. The van der Waals surface area contributed by atoms with Gasteiger partial charge in [0.2, 0.25) is 0 Å². The second-order valence-electron chi connectivity index (χ2n) is 5.09. The van der Waals surface area contributed by atoms with Gasteiger partial charge in [-0.25, -0.2) is 0 Å². The molecule has 1 fully saturated rings. The van der Waals surface area contributed by atoms with Crippen molar-refractivity contribution in [2.24, 2.45) is 5.92 Å². The van der Waals surface area contributed by atoms with E-state index in [4.69, 9.17) is 4.84 Å². The molecule has 1 heterocycles. The molecule has 1 aromatic carbocycles. The molecule has 3 atom stereocenters. The van der Waals surface area contributed by atoms with E-state index in [1.165, 1.54) is 5.56 Å². The van der Waals surface area contributed by atoms with Crippen molar-refractivity contribution < 1.29 is 9.94 Å². The van der Waals surface area contributed by atoms with Crippen LogP contribution in [0.15, 0.2) is 30.3 Å². The topological polar surface area (TPSA) is 32.7 Å². The Labute approximate surface area is 103 Å². The standard InChI is InChI=1S/C14H21NO2/c1-10(2)14(16)13-9-12(15(3)17-13)11-7-5-4-6-8-11/h4-8,10,12-14,16H,9H2,1-3H3/t12-,13-,14-/m0/s1. The maximum Gasteiger partial charge on any atom is 0.107 e. The third-order valence-corrected chi connectivity index (χ3v) is 3.44. The smallest absolute Gasteiger partial charge is 0.107 e. The van der Waals surface area contributed by atoms with Crippen LogP contribution in [0.2, 0.25) is 0 Å². The number of aliphatic hydroxyl groups excluding tert-OH is 1. The molecule has 1 N–H and O–H groups in total. The molecule has 0 aliphatic carbocycles. The molecule has 0 radical (unpaired) electrons. The van der Waals surface area contributed by atoms with Gasteiger partial charge in [0.15, 0.2) is 0 Å². The normalized spacial score (nSPS) is 27.6. The number of benzene rings is 1. The number of nitrogens with zero attached hydrogens (tertiary/aromatic N) is 1. The van der Waals surface area contributed by atoms with Crippen LogP contribution in [0.25, 0.3) is 0 Å². The van der Waals surface area contributed by atoms with Crippen LogP contribution in [0.5, 0.6) is 0 Å². The van der Waals surface area contributed by atoms with E-state index in [1.807, 2.05) is 44.2 Å². The molecule has 0 bridgehead atoms. The van der Waals surface area contributed by atoms with Crippen molar-refractivity contribution in [2.45, 2.75) is 38.5 Å². The molecule has 0 unspecified atom stereocenters. The van der Waals surface area contributed by atoms with Gasteiger partial charge in [0.25, 0.3) is 0 Å². The summed E-state index contributed by atoms with van der Waals surface area (Å²) in [5.41, 5.74) is 1.24. The van der Waals surface area contributed by atoms with Crippen molar-refractivity contribution >= 4 is 0 Å². The van der Waals surface area contributed by atoms with Crippen LogP contribution in [-0.2, 0) is 4.84 Å². The first-order valence-electron chi connectivity index (χ1n) is 6.22. The van der Waals surface area contributed by atoms with E-state index in [0.717, 1.165) is 6.42 Å². The van der Waals surface area contributed by atoms with Gasteiger partial charge in [-0.3, -0.25) is 4.84 Å². The summed E-state index contributed by atoms with van der Waals surface area (Å²) in [7, 11) is 1.94. The van der Waals surface area contributed by atoms with Gasteiger partial charge in [0, 0.05) is 13.5 Å². The highest BCUT2D eigenvalue weighted by atomic mass is 16.7. The minimum absolute atomic E-state index is 0.0924. The lowest BCUT2D eigenvalue weighted by Crippen LogP contribution is -2.31. The highest BCUT2D eigenvalue weighted by Crippen LogP contribution is 2.34. The van der Waals surface area contributed by atoms with Crippen LogP contribution in [0.4, 0.5) is 0 Å². The first kappa shape index (κ1) is 12.6. The van der Waals surface area contributed by atoms with Gasteiger partial charge in [-0.1, -0.05) is 44.2 Å². The molecule has 1 aliphatic rings. The van der Waals surface area contributed by atoms with E-state index in [2.05, 4.69) is 12.1 Å². The molecule has 0 aromatic heterocycles. The summed E-state index contributed by atoms with van der Waals surface area (Å²) in [5, 5.41) is 11.9. The lowest BCUT2D eigenvalue weighted by molar-refractivity contribution is -0.175. The van der Waals surface area contributed by atoms with Crippen LogP contribution >= 0.6 is 0 Å². The Kier molecular flexibility index (Phi) is 3.82. The third-order valence-electron chi connectivity index (χ3n) is 3.44. The molecule has 0 amide bonds. The Hall–Kier alpha value is -0.900. The summed E-state index contributed by atoms with van der Waals surface area (Å²) in [6.45, 7) is 4.04. The molecule has 1 aliphatic heterocycles. The molecular formula is C14H21NO2. The molecule has 94 valence electrons. The predicted molar refractivity (Wildman–Crippen MR) is 67.3 cm³/mol. The fourth-order valence-electron chi connectivity index (χ4n) is 2.35. The van der Waals surface area contributed by atoms with Gasteiger partial charge in [0.1, 0.15) is 6.10 Å². The zero-order valence-corrected chi connectivity index (χ0v) is 10.7. The lowest BCUT2D eigenvalue weighted by Gasteiger charge is -2.20. The molecule has 3 heteroatoms. The van der Waals surface area contributed by atoms with Gasteiger partial charge in [0.05, 0.1) is 12.1 Å². The second-order valence-corrected chi connectivity index (χ2v) is 5.09. The van der Waals surface area contributed by atoms with Crippen LogP contribution in [0.3, 0.4) is 0 Å². The van der Waals surface area contributed by atoms with Gasteiger partial charge in [-0.05, 0) is 11.5 Å². The molecule has 1 saturated heterocycles. The Balaban J connectivity index is 2.08. The van der Waals surface area contributed by atoms with Crippen LogP contribution in [0.1, 0.15) is 31.9 Å². The summed E-state index contributed by atoms with van der Waals surface area (Å²) in [5.74, 6) is 0.225. The highest BCUT2D eigenvalue weighted by molar-refractivity contribution is 5.19. The Morgan fingerprint density at radius 2 is 1.94 bits per heavy atom. The summed E-state index contributed by atoms with van der Waals surface area (Å²) in [6, 6.07) is 10.5. The number of hydrogen-bond acceptors (Lipinski definition) is 3. The highest BCUT2D eigenvalue weighted by Gasteiger charge is 2.36. The van der Waals surface area contributed by atoms with Crippen molar-refractivity contribution in [3.8, 4) is 0 Å². The van der Waals surface area contributed by atoms with Crippen molar-refractivity contribution in [1.82, 2.24) is 5.06 Å². The third kappa shape index (κ3) is 2.68. The van der Waals surface area contributed by atoms with E-state index in [-0.39, 0.29) is 18.1 Å². The fraction of sp³-hybridized carbons (Fsp3) is 0.571. The van der Waals surface area contributed by atoms with Gasteiger partial charge >= 0.3 is 0 Å². The summed E-state index contributed by atoms with van der Waals surface area (Å²) < 4.78 is 0. The molecule has 3 nitrogen and oxygen atoms in total. The average molecular weight is 235 g/mol. The van der Waals surface area contributed by atoms with Gasteiger partial charge < -0.3 is 5.11 Å². The van der Waals surface area contributed by atoms with E-state index in [1.54, 1.807) is 0 Å². The number of aliphatic hydroxyl groups is 1. The predicted octanol–water partition coefficient (Wildman–Crippen LogP) is 2.38. The summed E-state index contributed by atoms with van der Waals surface area (Å²) in [4.78, 5) is 5.73. The minimum Gasteiger partial charge on any atom is -0.390 e. The molecule has 1 aromatic rings. The maximum atomic E-state index is 10.1. The quantitative estimate of drug-likeness (QED) is 0.873. The van der Waals surface area contributed by atoms with Crippen LogP contribution in [0, 0.1) is 5.92 Å². The zero-order valence-electron chi connectivity index (χ0n) is 10.7. The van der Waals surface area contributed by atoms with Gasteiger partial charge in [-0.15, -0.1) is 0 Å². The number of rotatable bonds is 3. The monoisotopic (exact) mass is 235 g/mol. The summed E-state index contributed by atoms with van der Waals surface area (Å²) >= 11 is 0. The Morgan fingerprint density at radius 3 is 2.53 bits per heavy atom. The maximum absolute atomic E-state index is 10.1. The van der Waals surface area contributed by atoms with Crippen molar-refractivity contribution in [2.75, 3.05) is 7.05 Å². The zero-order chi connectivity index (χ0) is 12.4. The Morgan fingerprint density at radius 1 is 1.29 bits per heavy atom. The molecule has 0 spiro atoms. The van der Waals surface area contributed by atoms with Crippen molar-refractivity contribution in [3.63, 3.8) is 0 Å². The van der Waals surface area contributed by atoms with E-state index < -0.39 is 6.10 Å². The van der Waals surface area contributed by atoms with E-state index in [0.29, 0.717) is 0 Å². The van der Waals surface area contributed by atoms with Gasteiger partial charge in [-0.2, -0.15) is 5.06 Å². The van der Waals surface area contributed by atoms with Crippen molar-refractivity contribution in [3.05, 3.63) is 35.9 Å². The van der Waals surface area contributed by atoms with Crippen molar-refractivity contribution in [1.29, 1.82) is 0 Å². The molecule has 2 rings (SSSR count). The number of hydrogen-bond donors (Lipinski definition) is 1. The minimum atomic E-state index is -0.397. The summed E-state index contributed by atoms with van der Waals surface area (Å²) in [6.07, 6.45) is 0.358. The van der Waals surface area contributed by atoms with Crippen LogP contribution in [-0.4, -0.2) is 29.4 Å². The SMILES string of the molecule is CC(C)[C@H](O)[C@@H]1C[C@@H](c2ccccc2)N(C)O1. The second kappa shape index (κ2) is 5.17.